The van der Waals surface area contributed by atoms with Gasteiger partial charge in [0.15, 0.2) is 11.5 Å². The van der Waals surface area contributed by atoms with Gasteiger partial charge in [-0.2, -0.15) is 0 Å². The van der Waals surface area contributed by atoms with E-state index in [0.717, 1.165) is 6.07 Å². The van der Waals surface area contributed by atoms with Crippen LogP contribution in [-0.4, -0.2) is 30.9 Å². The van der Waals surface area contributed by atoms with Crippen LogP contribution in [0.3, 0.4) is 0 Å². The summed E-state index contributed by atoms with van der Waals surface area (Å²) in [6.45, 7) is 0.182. The van der Waals surface area contributed by atoms with E-state index in [-0.39, 0.29) is 28.1 Å². The molecule has 0 spiro atoms. The summed E-state index contributed by atoms with van der Waals surface area (Å²) in [6, 6.07) is 1.04. The Balaban J connectivity index is 3.24. The summed E-state index contributed by atoms with van der Waals surface area (Å²) in [6.07, 6.45) is -1.05. The van der Waals surface area contributed by atoms with Crippen LogP contribution in [0.5, 0.6) is 11.5 Å². The summed E-state index contributed by atoms with van der Waals surface area (Å²) < 4.78 is 18.5. The molecule has 3 N–H and O–H groups in total. The van der Waals surface area contributed by atoms with E-state index < -0.39 is 11.9 Å². The maximum absolute atomic E-state index is 13.6. The van der Waals surface area contributed by atoms with Crippen molar-refractivity contribution in [2.75, 3.05) is 20.7 Å². The van der Waals surface area contributed by atoms with Gasteiger partial charge in [0.25, 0.3) is 0 Å². The van der Waals surface area contributed by atoms with E-state index in [4.69, 9.17) is 4.74 Å². The first-order chi connectivity index (χ1) is 7.52. The number of halogens is 2. The number of methoxy groups -OCH3 is 1. The third kappa shape index (κ3) is 2.45. The van der Waals surface area contributed by atoms with Gasteiger partial charge >= 0.3 is 0 Å². The van der Waals surface area contributed by atoms with Crippen LogP contribution in [0.25, 0.3) is 0 Å². The fourth-order valence-corrected chi connectivity index (χ4v) is 2.01. The van der Waals surface area contributed by atoms with Crippen LogP contribution < -0.4 is 10.1 Å². The van der Waals surface area contributed by atoms with E-state index in [2.05, 4.69) is 21.2 Å². The molecule has 1 atom stereocenters. The number of hydrogen-bond acceptors (Lipinski definition) is 4. The Kier molecular flexibility index (Phi) is 4.52. The number of likely N-dealkylation sites (N-methyl/N-ethyl adjacent to an activating group) is 1. The standard InChI is InChI=1S/C10H13BrFNO3/c1-13-4-6(14)8-5(12)3-7(16-2)10(15)9(8)11/h3,6,13-15H,4H2,1-2H3. The SMILES string of the molecule is CNCC(O)c1c(F)cc(OC)c(O)c1Br. The van der Waals surface area contributed by atoms with Crippen LogP contribution in [0.15, 0.2) is 10.5 Å². The van der Waals surface area contributed by atoms with Crippen molar-refractivity contribution in [2.24, 2.45) is 0 Å². The molecular formula is C10H13BrFNO3. The molecule has 0 aliphatic carbocycles. The number of phenolic OH excluding ortho intramolecular Hbond substituents is 1. The van der Waals surface area contributed by atoms with Gasteiger partial charge in [0.2, 0.25) is 0 Å². The molecule has 1 rings (SSSR count). The quantitative estimate of drug-likeness (QED) is 0.788. The smallest absolute Gasteiger partial charge is 0.172 e. The highest BCUT2D eigenvalue weighted by Crippen LogP contribution is 2.40. The van der Waals surface area contributed by atoms with Crippen molar-refractivity contribution in [2.45, 2.75) is 6.10 Å². The Morgan fingerprint density at radius 3 is 2.75 bits per heavy atom. The molecule has 1 aromatic rings. The zero-order chi connectivity index (χ0) is 12.3. The zero-order valence-corrected chi connectivity index (χ0v) is 10.5. The van der Waals surface area contributed by atoms with Gasteiger partial charge in [-0.3, -0.25) is 0 Å². The highest BCUT2D eigenvalue weighted by Gasteiger charge is 2.21. The average Bonchev–Trinajstić information content (AvgIpc) is 2.24. The minimum atomic E-state index is -1.05. The second-order valence-corrected chi connectivity index (χ2v) is 4.00. The third-order valence-electron chi connectivity index (χ3n) is 2.14. The normalized spacial score (nSPS) is 12.6. The Hall–Kier alpha value is -0.850. The Bertz CT molecular complexity index is 387. The zero-order valence-electron chi connectivity index (χ0n) is 8.92. The first-order valence-electron chi connectivity index (χ1n) is 4.60. The molecule has 0 saturated carbocycles. The van der Waals surface area contributed by atoms with Crippen molar-refractivity contribution in [3.63, 3.8) is 0 Å². The molecule has 0 aliphatic rings. The van der Waals surface area contributed by atoms with Crippen molar-refractivity contribution in [1.29, 1.82) is 0 Å². The summed E-state index contributed by atoms with van der Waals surface area (Å²) in [4.78, 5) is 0. The molecular weight excluding hydrogens is 281 g/mol. The molecule has 0 aromatic heterocycles. The molecule has 0 aliphatic heterocycles. The van der Waals surface area contributed by atoms with Gasteiger partial charge in [-0.25, -0.2) is 4.39 Å². The fourth-order valence-electron chi connectivity index (χ4n) is 1.36. The van der Waals surface area contributed by atoms with Crippen LogP contribution in [-0.2, 0) is 0 Å². The molecule has 4 nitrogen and oxygen atoms in total. The van der Waals surface area contributed by atoms with Crippen molar-refractivity contribution in [3.8, 4) is 11.5 Å². The second-order valence-electron chi connectivity index (χ2n) is 3.21. The van der Waals surface area contributed by atoms with Crippen LogP contribution in [0.2, 0.25) is 0 Å². The number of hydrogen-bond donors (Lipinski definition) is 3. The van der Waals surface area contributed by atoms with E-state index >= 15 is 0 Å². The maximum atomic E-state index is 13.6. The lowest BCUT2D eigenvalue weighted by atomic mass is 10.1. The van der Waals surface area contributed by atoms with Gasteiger partial charge < -0.3 is 20.3 Å². The Morgan fingerprint density at radius 2 is 2.25 bits per heavy atom. The van der Waals surface area contributed by atoms with Crippen molar-refractivity contribution in [3.05, 3.63) is 21.9 Å². The number of benzene rings is 1. The number of phenols is 1. The van der Waals surface area contributed by atoms with Crippen LogP contribution in [0.4, 0.5) is 4.39 Å². The van der Waals surface area contributed by atoms with E-state index in [9.17, 15) is 14.6 Å². The number of nitrogens with one attached hydrogen (secondary N) is 1. The van der Waals surface area contributed by atoms with Crippen molar-refractivity contribution in [1.82, 2.24) is 5.32 Å². The number of aliphatic hydroxyl groups excluding tert-OH is 1. The van der Waals surface area contributed by atoms with Gasteiger partial charge in [0.1, 0.15) is 5.82 Å². The molecule has 0 radical (unpaired) electrons. The fraction of sp³-hybridized carbons (Fsp3) is 0.400. The maximum Gasteiger partial charge on any atom is 0.172 e. The van der Waals surface area contributed by atoms with Gasteiger partial charge in [0.05, 0.1) is 17.7 Å². The first-order valence-corrected chi connectivity index (χ1v) is 5.39. The highest BCUT2D eigenvalue weighted by molar-refractivity contribution is 9.10. The number of aromatic hydroxyl groups is 1. The van der Waals surface area contributed by atoms with E-state index in [1.165, 1.54) is 7.11 Å². The van der Waals surface area contributed by atoms with Gasteiger partial charge in [-0.1, -0.05) is 0 Å². The third-order valence-corrected chi connectivity index (χ3v) is 2.95. The van der Waals surface area contributed by atoms with Crippen molar-refractivity contribution >= 4 is 15.9 Å². The minimum Gasteiger partial charge on any atom is -0.503 e. The predicted octanol–water partition coefficient (Wildman–Crippen LogP) is 1.56. The molecule has 1 aromatic carbocycles. The summed E-state index contributed by atoms with van der Waals surface area (Å²) in [5.74, 6) is -0.844. The number of rotatable bonds is 4. The molecule has 0 saturated heterocycles. The van der Waals surface area contributed by atoms with Gasteiger partial charge in [-0.05, 0) is 23.0 Å². The van der Waals surface area contributed by atoms with E-state index in [0.29, 0.717) is 0 Å². The minimum absolute atomic E-state index is 0.00708. The highest BCUT2D eigenvalue weighted by atomic mass is 79.9. The lowest BCUT2D eigenvalue weighted by molar-refractivity contribution is 0.171. The van der Waals surface area contributed by atoms with Crippen LogP contribution >= 0.6 is 15.9 Å². The summed E-state index contributed by atoms with van der Waals surface area (Å²) >= 11 is 3.04. The first kappa shape index (κ1) is 13.2. The monoisotopic (exact) mass is 293 g/mol. The van der Waals surface area contributed by atoms with Gasteiger partial charge in [-0.15, -0.1) is 0 Å². The average molecular weight is 294 g/mol. The van der Waals surface area contributed by atoms with E-state index in [1.54, 1.807) is 7.05 Å². The molecule has 0 amide bonds. The molecule has 0 heterocycles. The number of aliphatic hydroxyl groups is 1. The summed E-state index contributed by atoms with van der Waals surface area (Å²) in [7, 11) is 2.96. The molecule has 0 fully saturated rings. The predicted molar refractivity (Wildman–Crippen MR) is 61.2 cm³/mol. The summed E-state index contributed by atoms with van der Waals surface area (Å²) in [5.41, 5.74) is 0.00708. The van der Waals surface area contributed by atoms with Gasteiger partial charge in [0, 0.05) is 18.2 Å². The molecule has 0 bridgehead atoms. The lowest BCUT2D eigenvalue weighted by Gasteiger charge is -2.16. The lowest BCUT2D eigenvalue weighted by Crippen LogP contribution is -2.18. The molecule has 16 heavy (non-hydrogen) atoms. The molecule has 90 valence electrons. The van der Waals surface area contributed by atoms with Crippen LogP contribution in [0.1, 0.15) is 11.7 Å². The largest absolute Gasteiger partial charge is 0.503 e. The Labute approximate surface area is 101 Å². The van der Waals surface area contributed by atoms with Crippen LogP contribution in [0, 0.1) is 5.82 Å². The van der Waals surface area contributed by atoms with E-state index in [1.807, 2.05) is 0 Å². The molecule has 6 heteroatoms. The topological polar surface area (TPSA) is 61.7 Å². The number of ether oxygens (including phenoxy) is 1. The Morgan fingerprint density at radius 1 is 1.62 bits per heavy atom. The summed E-state index contributed by atoms with van der Waals surface area (Å²) in [5, 5.41) is 22.1. The molecule has 1 unspecified atom stereocenters. The second kappa shape index (κ2) is 5.47. The van der Waals surface area contributed by atoms with Crippen molar-refractivity contribution < 1.29 is 19.3 Å².